The van der Waals surface area contributed by atoms with Crippen LogP contribution in [0, 0.1) is 6.92 Å². The summed E-state index contributed by atoms with van der Waals surface area (Å²) in [5, 5.41) is 7.45. The lowest BCUT2D eigenvalue weighted by Gasteiger charge is -2.14. The zero-order valence-electron chi connectivity index (χ0n) is 13.0. The van der Waals surface area contributed by atoms with Crippen LogP contribution in [0.15, 0.2) is 43.0 Å². The molecule has 2 aromatic rings. The van der Waals surface area contributed by atoms with Crippen LogP contribution in [0.3, 0.4) is 0 Å². The summed E-state index contributed by atoms with van der Waals surface area (Å²) in [7, 11) is 0. The van der Waals surface area contributed by atoms with E-state index in [0.717, 1.165) is 11.4 Å². The molecule has 4 nitrogen and oxygen atoms in total. The summed E-state index contributed by atoms with van der Waals surface area (Å²) in [6.45, 7) is 11.8. The molecule has 110 valence electrons. The Labute approximate surface area is 125 Å². The number of nitrogens with zero attached hydrogens (tertiary/aromatic N) is 2. The first-order valence-corrected chi connectivity index (χ1v) is 6.92. The second-order valence-electron chi connectivity index (χ2n) is 6.11. The quantitative estimate of drug-likeness (QED) is 0.875. The van der Waals surface area contributed by atoms with Crippen molar-refractivity contribution in [2.24, 2.45) is 0 Å². The van der Waals surface area contributed by atoms with Crippen molar-refractivity contribution in [3.8, 4) is 5.69 Å². The van der Waals surface area contributed by atoms with Crippen molar-refractivity contribution >= 4 is 11.7 Å². The predicted molar refractivity (Wildman–Crippen MR) is 85.8 cm³/mol. The fourth-order valence-corrected chi connectivity index (χ4v) is 1.90. The van der Waals surface area contributed by atoms with Gasteiger partial charge >= 0.3 is 0 Å². The normalized spacial score (nSPS) is 11.2. The third kappa shape index (κ3) is 3.40. The van der Waals surface area contributed by atoms with Gasteiger partial charge in [-0.15, -0.1) is 0 Å². The minimum atomic E-state index is -0.247. The van der Waals surface area contributed by atoms with Gasteiger partial charge in [0.05, 0.1) is 11.4 Å². The van der Waals surface area contributed by atoms with Gasteiger partial charge in [-0.25, -0.2) is 4.68 Å². The molecule has 1 amide bonds. The average Bonchev–Trinajstić information content (AvgIpc) is 2.83. The van der Waals surface area contributed by atoms with Gasteiger partial charge in [0.25, 0.3) is 0 Å². The third-order valence-corrected chi connectivity index (χ3v) is 3.19. The van der Waals surface area contributed by atoms with Crippen molar-refractivity contribution in [1.82, 2.24) is 9.78 Å². The molecule has 1 aromatic carbocycles. The maximum absolute atomic E-state index is 11.6. The first kappa shape index (κ1) is 15.0. The Morgan fingerprint density at radius 2 is 1.90 bits per heavy atom. The smallest absolute Gasteiger partial charge is 0.248 e. The van der Waals surface area contributed by atoms with E-state index in [9.17, 15) is 4.79 Å². The van der Waals surface area contributed by atoms with Crippen LogP contribution in [0.25, 0.3) is 5.69 Å². The fraction of sp³-hybridized carbons (Fsp3) is 0.294. The second-order valence-corrected chi connectivity index (χ2v) is 6.11. The van der Waals surface area contributed by atoms with E-state index >= 15 is 0 Å². The van der Waals surface area contributed by atoms with Crippen LogP contribution in [0.1, 0.15) is 32.0 Å². The van der Waals surface area contributed by atoms with Gasteiger partial charge in [-0.1, -0.05) is 45.0 Å². The molecule has 0 saturated carbocycles. The minimum Gasteiger partial charge on any atom is -0.307 e. The standard InChI is InChI=1S/C17H21N3O/c1-6-16(21)18-15-11-14(17(3,4)5)19-20(15)13-9-7-12(2)8-10-13/h6-11H,1H2,2-5H3,(H,18,21). The maximum atomic E-state index is 11.6. The zero-order valence-corrected chi connectivity index (χ0v) is 13.0. The van der Waals surface area contributed by atoms with Crippen LogP contribution in [-0.4, -0.2) is 15.7 Å². The van der Waals surface area contributed by atoms with Crippen LogP contribution < -0.4 is 5.32 Å². The minimum absolute atomic E-state index is 0.0936. The molecule has 1 heterocycles. The Kier molecular flexibility index (Phi) is 3.98. The van der Waals surface area contributed by atoms with E-state index < -0.39 is 0 Å². The van der Waals surface area contributed by atoms with E-state index in [1.54, 1.807) is 4.68 Å². The Balaban J connectivity index is 2.51. The molecule has 0 unspecified atom stereocenters. The lowest BCUT2D eigenvalue weighted by atomic mass is 9.92. The van der Waals surface area contributed by atoms with Crippen molar-refractivity contribution < 1.29 is 4.79 Å². The van der Waals surface area contributed by atoms with E-state index in [2.05, 4.69) is 37.8 Å². The molecule has 0 bridgehead atoms. The molecule has 4 heteroatoms. The van der Waals surface area contributed by atoms with Gasteiger partial charge in [-0.05, 0) is 25.1 Å². The van der Waals surface area contributed by atoms with Crippen LogP contribution in [0.4, 0.5) is 5.82 Å². The van der Waals surface area contributed by atoms with Gasteiger partial charge in [0.15, 0.2) is 0 Å². The molecule has 21 heavy (non-hydrogen) atoms. The van der Waals surface area contributed by atoms with Crippen molar-refractivity contribution in [3.63, 3.8) is 0 Å². The molecule has 0 aliphatic carbocycles. The van der Waals surface area contributed by atoms with E-state index in [4.69, 9.17) is 0 Å². The molecule has 2 rings (SSSR count). The highest BCUT2D eigenvalue weighted by Gasteiger charge is 2.21. The van der Waals surface area contributed by atoms with E-state index in [1.165, 1.54) is 11.6 Å². The van der Waals surface area contributed by atoms with Gasteiger partial charge in [0.1, 0.15) is 5.82 Å². The summed E-state index contributed by atoms with van der Waals surface area (Å²) in [4.78, 5) is 11.6. The second kappa shape index (κ2) is 5.56. The number of hydrogen-bond acceptors (Lipinski definition) is 2. The largest absolute Gasteiger partial charge is 0.307 e. The van der Waals surface area contributed by atoms with E-state index in [1.807, 2.05) is 37.3 Å². The Morgan fingerprint density at radius 1 is 1.29 bits per heavy atom. The van der Waals surface area contributed by atoms with Crippen LogP contribution in [0.5, 0.6) is 0 Å². The molecule has 0 atom stereocenters. The van der Waals surface area contributed by atoms with E-state index in [0.29, 0.717) is 5.82 Å². The summed E-state index contributed by atoms with van der Waals surface area (Å²) in [6, 6.07) is 9.91. The van der Waals surface area contributed by atoms with Crippen molar-refractivity contribution in [3.05, 3.63) is 54.2 Å². The summed E-state index contributed by atoms with van der Waals surface area (Å²) < 4.78 is 1.75. The van der Waals surface area contributed by atoms with Gasteiger partial charge in [-0.3, -0.25) is 4.79 Å². The Morgan fingerprint density at radius 3 is 2.43 bits per heavy atom. The number of rotatable bonds is 3. The van der Waals surface area contributed by atoms with Gasteiger partial charge in [0, 0.05) is 11.5 Å². The zero-order chi connectivity index (χ0) is 15.6. The van der Waals surface area contributed by atoms with Crippen molar-refractivity contribution in [1.29, 1.82) is 0 Å². The molecule has 0 spiro atoms. The highest BCUT2D eigenvalue weighted by Crippen LogP contribution is 2.26. The number of amides is 1. The Hall–Kier alpha value is -2.36. The molecular formula is C17H21N3O. The third-order valence-electron chi connectivity index (χ3n) is 3.19. The summed E-state index contributed by atoms with van der Waals surface area (Å²) >= 11 is 0. The number of aryl methyl sites for hydroxylation is 1. The van der Waals surface area contributed by atoms with Crippen molar-refractivity contribution in [2.45, 2.75) is 33.1 Å². The number of aromatic nitrogens is 2. The topological polar surface area (TPSA) is 46.9 Å². The number of carbonyl (C=O) groups is 1. The fourth-order valence-electron chi connectivity index (χ4n) is 1.90. The predicted octanol–water partition coefficient (Wildman–Crippen LogP) is 3.60. The lowest BCUT2D eigenvalue weighted by Crippen LogP contribution is -2.13. The lowest BCUT2D eigenvalue weighted by molar-refractivity contribution is -0.111. The molecule has 1 aromatic heterocycles. The number of benzene rings is 1. The summed E-state index contributed by atoms with van der Waals surface area (Å²) in [5.74, 6) is 0.400. The number of hydrogen-bond donors (Lipinski definition) is 1. The van der Waals surface area contributed by atoms with Gasteiger partial charge < -0.3 is 5.32 Å². The number of anilines is 1. The van der Waals surface area contributed by atoms with Gasteiger partial charge in [0.2, 0.25) is 5.91 Å². The number of carbonyl (C=O) groups excluding carboxylic acids is 1. The van der Waals surface area contributed by atoms with Gasteiger partial charge in [-0.2, -0.15) is 5.10 Å². The maximum Gasteiger partial charge on any atom is 0.248 e. The highest BCUT2D eigenvalue weighted by molar-refractivity contribution is 5.98. The first-order chi connectivity index (χ1) is 9.81. The number of nitrogens with one attached hydrogen (secondary N) is 1. The molecular weight excluding hydrogens is 262 g/mol. The molecule has 0 fully saturated rings. The monoisotopic (exact) mass is 283 g/mol. The van der Waals surface area contributed by atoms with E-state index in [-0.39, 0.29) is 11.3 Å². The summed E-state index contributed by atoms with van der Waals surface area (Å²) in [6.07, 6.45) is 1.25. The molecule has 0 saturated heterocycles. The van der Waals surface area contributed by atoms with Crippen molar-refractivity contribution in [2.75, 3.05) is 5.32 Å². The molecule has 0 radical (unpaired) electrons. The average molecular weight is 283 g/mol. The van der Waals surface area contributed by atoms with Crippen LogP contribution in [0.2, 0.25) is 0 Å². The highest BCUT2D eigenvalue weighted by atomic mass is 16.1. The van der Waals surface area contributed by atoms with Crippen LogP contribution >= 0.6 is 0 Å². The molecule has 1 N–H and O–H groups in total. The van der Waals surface area contributed by atoms with Crippen LogP contribution in [-0.2, 0) is 10.2 Å². The Bertz CT molecular complexity index is 660. The summed E-state index contributed by atoms with van der Waals surface area (Å²) in [5.41, 5.74) is 2.92. The molecule has 0 aliphatic rings. The SMILES string of the molecule is C=CC(=O)Nc1cc(C(C)(C)C)nn1-c1ccc(C)cc1. The first-order valence-electron chi connectivity index (χ1n) is 6.92. The molecule has 0 aliphatic heterocycles.